The van der Waals surface area contributed by atoms with Crippen molar-refractivity contribution >= 4 is 17.2 Å². The van der Waals surface area contributed by atoms with Gasteiger partial charge in [0.2, 0.25) is 0 Å². The zero-order chi connectivity index (χ0) is 20.8. The second-order valence-corrected chi connectivity index (χ2v) is 7.32. The third-order valence-corrected chi connectivity index (χ3v) is 5.33. The highest BCUT2D eigenvalue weighted by molar-refractivity contribution is 6.04. The zero-order valence-corrected chi connectivity index (χ0v) is 16.9. The van der Waals surface area contributed by atoms with Gasteiger partial charge in [0, 0.05) is 5.56 Å². The standard InChI is InChI=1S/C26H24N2O2/c1-30-25-14-12-21(13-15-25)26(29)28-27-24-17-22(19-8-4-2-5-9-19)16-23(18-24)20-10-6-3-7-11-20/h2-15,17,23H,16,18H2,1H3,(H,28,29)/b27-24-/t23-/m0/s1. The van der Waals surface area contributed by atoms with Crippen molar-refractivity contribution in [3.05, 3.63) is 108 Å². The molecule has 1 N–H and O–H groups in total. The summed E-state index contributed by atoms with van der Waals surface area (Å²) < 4.78 is 5.14. The van der Waals surface area contributed by atoms with Crippen LogP contribution in [0.4, 0.5) is 0 Å². The lowest BCUT2D eigenvalue weighted by atomic mass is 9.81. The molecule has 4 nitrogen and oxygen atoms in total. The Morgan fingerprint density at radius 3 is 2.23 bits per heavy atom. The molecule has 150 valence electrons. The molecule has 0 aliphatic heterocycles. The molecule has 30 heavy (non-hydrogen) atoms. The molecule has 1 amide bonds. The molecule has 4 rings (SSSR count). The molecule has 0 bridgehead atoms. The van der Waals surface area contributed by atoms with Gasteiger partial charge in [0.25, 0.3) is 5.91 Å². The summed E-state index contributed by atoms with van der Waals surface area (Å²) in [5.41, 5.74) is 7.83. The summed E-state index contributed by atoms with van der Waals surface area (Å²) in [7, 11) is 1.60. The number of nitrogens with zero attached hydrogens (tertiary/aromatic N) is 1. The normalized spacial score (nSPS) is 17.3. The van der Waals surface area contributed by atoms with E-state index in [2.05, 4.69) is 53.0 Å². The van der Waals surface area contributed by atoms with Crippen molar-refractivity contribution in [3.8, 4) is 5.75 Å². The molecule has 0 radical (unpaired) electrons. The molecule has 0 aromatic heterocycles. The van der Waals surface area contributed by atoms with E-state index in [1.807, 2.05) is 24.3 Å². The number of allylic oxidation sites excluding steroid dienone is 2. The molecule has 1 aliphatic rings. The predicted molar refractivity (Wildman–Crippen MR) is 121 cm³/mol. The van der Waals surface area contributed by atoms with Gasteiger partial charge in [-0.25, -0.2) is 5.43 Å². The zero-order valence-electron chi connectivity index (χ0n) is 16.9. The van der Waals surface area contributed by atoms with Crippen LogP contribution in [0.1, 0.15) is 40.2 Å². The average molecular weight is 396 g/mol. The van der Waals surface area contributed by atoms with Gasteiger partial charge in [0.15, 0.2) is 0 Å². The van der Waals surface area contributed by atoms with E-state index in [4.69, 9.17) is 4.74 Å². The fraction of sp³-hybridized carbons (Fsp3) is 0.154. The first-order valence-corrected chi connectivity index (χ1v) is 10.0. The quantitative estimate of drug-likeness (QED) is 0.584. The Morgan fingerprint density at radius 1 is 0.900 bits per heavy atom. The summed E-state index contributed by atoms with van der Waals surface area (Å²) in [5.74, 6) is 0.802. The van der Waals surface area contributed by atoms with E-state index in [-0.39, 0.29) is 5.91 Å². The van der Waals surface area contributed by atoms with Gasteiger partial charge in [-0.15, -0.1) is 0 Å². The molecular formula is C26H24N2O2. The Bertz CT molecular complexity index is 1060. The SMILES string of the molecule is COc1ccc(C(=O)N/N=C2/C=C(c3ccccc3)C[C@H](c3ccccc3)C2)cc1. The van der Waals surface area contributed by atoms with Crippen LogP contribution < -0.4 is 10.2 Å². The van der Waals surface area contributed by atoms with Crippen molar-refractivity contribution in [3.63, 3.8) is 0 Å². The van der Waals surface area contributed by atoms with Crippen LogP contribution in [0.5, 0.6) is 5.75 Å². The van der Waals surface area contributed by atoms with E-state index in [1.54, 1.807) is 31.4 Å². The fourth-order valence-corrected chi connectivity index (χ4v) is 3.73. The topological polar surface area (TPSA) is 50.7 Å². The van der Waals surface area contributed by atoms with Crippen molar-refractivity contribution < 1.29 is 9.53 Å². The van der Waals surface area contributed by atoms with E-state index < -0.39 is 0 Å². The molecule has 1 aliphatic carbocycles. The number of carbonyl (C=O) groups excluding carboxylic acids is 1. The molecule has 0 saturated carbocycles. The van der Waals surface area contributed by atoms with E-state index >= 15 is 0 Å². The van der Waals surface area contributed by atoms with Crippen LogP contribution in [0.25, 0.3) is 5.57 Å². The second kappa shape index (κ2) is 9.23. The summed E-state index contributed by atoms with van der Waals surface area (Å²) >= 11 is 0. The highest BCUT2D eigenvalue weighted by Crippen LogP contribution is 2.36. The van der Waals surface area contributed by atoms with Crippen molar-refractivity contribution in [1.82, 2.24) is 5.43 Å². The van der Waals surface area contributed by atoms with E-state index in [0.29, 0.717) is 17.2 Å². The van der Waals surface area contributed by atoms with Crippen LogP contribution in [-0.4, -0.2) is 18.7 Å². The number of methoxy groups -OCH3 is 1. The van der Waals surface area contributed by atoms with Crippen LogP contribution in [0.2, 0.25) is 0 Å². The Morgan fingerprint density at radius 2 is 1.57 bits per heavy atom. The van der Waals surface area contributed by atoms with Crippen LogP contribution in [0, 0.1) is 0 Å². The van der Waals surface area contributed by atoms with Gasteiger partial charge in [-0.05, 0) is 65.8 Å². The van der Waals surface area contributed by atoms with Gasteiger partial charge in [0.05, 0.1) is 12.8 Å². The van der Waals surface area contributed by atoms with Gasteiger partial charge in [0.1, 0.15) is 5.75 Å². The summed E-state index contributed by atoms with van der Waals surface area (Å²) in [6, 6.07) is 27.8. The molecule has 1 atom stereocenters. The Kier molecular flexibility index (Phi) is 6.04. The molecule has 3 aromatic carbocycles. The number of benzene rings is 3. The highest BCUT2D eigenvalue weighted by Gasteiger charge is 2.22. The van der Waals surface area contributed by atoms with Crippen LogP contribution in [0.3, 0.4) is 0 Å². The van der Waals surface area contributed by atoms with Gasteiger partial charge in [-0.1, -0.05) is 60.7 Å². The second-order valence-electron chi connectivity index (χ2n) is 7.32. The van der Waals surface area contributed by atoms with Crippen LogP contribution in [0.15, 0.2) is 96.1 Å². The Hall–Kier alpha value is -3.66. The fourth-order valence-electron chi connectivity index (χ4n) is 3.73. The monoisotopic (exact) mass is 396 g/mol. The third kappa shape index (κ3) is 4.66. The number of ether oxygens (including phenoxy) is 1. The minimum atomic E-state index is -0.235. The number of rotatable bonds is 5. The molecule has 4 heteroatoms. The summed E-state index contributed by atoms with van der Waals surface area (Å²) in [5, 5.41) is 4.46. The molecule has 0 spiro atoms. The number of nitrogens with one attached hydrogen (secondary N) is 1. The average Bonchev–Trinajstić information content (AvgIpc) is 2.83. The first kappa shape index (κ1) is 19.6. The van der Waals surface area contributed by atoms with Crippen molar-refractivity contribution in [2.24, 2.45) is 5.10 Å². The molecule has 0 unspecified atom stereocenters. The summed E-state index contributed by atoms with van der Waals surface area (Å²) in [6.07, 6.45) is 3.83. The first-order chi connectivity index (χ1) is 14.7. The van der Waals surface area contributed by atoms with Gasteiger partial charge >= 0.3 is 0 Å². The first-order valence-electron chi connectivity index (χ1n) is 10.0. The number of carbonyl (C=O) groups is 1. The lowest BCUT2D eigenvalue weighted by Crippen LogP contribution is -2.21. The lowest BCUT2D eigenvalue weighted by molar-refractivity contribution is 0.0954. The maximum atomic E-state index is 12.5. The van der Waals surface area contributed by atoms with Gasteiger partial charge in [-0.2, -0.15) is 5.10 Å². The molecule has 0 saturated heterocycles. The summed E-state index contributed by atoms with van der Waals surface area (Å²) in [6.45, 7) is 0. The number of hydrogen-bond acceptors (Lipinski definition) is 3. The smallest absolute Gasteiger partial charge is 0.271 e. The number of amides is 1. The predicted octanol–water partition coefficient (Wildman–Crippen LogP) is 5.44. The van der Waals surface area contributed by atoms with Crippen molar-refractivity contribution in [1.29, 1.82) is 0 Å². The molecule has 3 aromatic rings. The number of hydrogen-bond donors (Lipinski definition) is 1. The number of hydrazone groups is 1. The maximum Gasteiger partial charge on any atom is 0.271 e. The molecule has 0 heterocycles. The minimum absolute atomic E-state index is 0.235. The van der Waals surface area contributed by atoms with E-state index in [9.17, 15) is 4.79 Å². The van der Waals surface area contributed by atoms with E-state index in [0.717, 1.165) is 18.6 Å². The lowest BCUT2D eigenvalue weighted by Gasteiger charge is -2.24. The van der Waals surface area contributed by atoms with Crippen LogP contribution in [-0.2, 0) is 0 Å². The Labute approximate surface area is 176 Å². The van der Waals surface area contributed by atoms with Gasteiger partial charge < -0.3 is 4.74 Å². The molecular weight excluding hydrogens is 372 g/mol. The Balaban J connectivity index is 1.58. The van der Waals surface area contributed by atoms with E-state index in [1.165, 1.54) is 16.7 Å². The van der Waals surface area contributed by atoms with Crippen LogP contribution >= 0.6 is 0 Å². The minimum Gasteiger partial charge on any atom is -0.497 e. The highest BCUT2D eigenvalue weighted by atomic mass is 16.5. The third-order valence-electron chi connectivity index (χ3n) is 5.33. The maximum absolute atomic E-state index is 12.5. The van der Waals surface area contributed by atoms with Crippen molar-refractivity contribution in [2.75, 3.05) is 7.11 Å². The largest absolute Gasteiger partial charge is 0.497 e. The van der Waals surface area contributed by atoms with Gasteiger partial charge in [-0.3, -0.25) is 4.79 Å². The molecule has 0 fully saturated rings. The van der Waals surface area contributed by atoms with Crippen molar-refractivity contribution in [2.45, 2.75) is 18.8 Å². The summed E-state index contributed by atoms with van der Waals surface area (Å²) in [4.78, 5) is 12.5.